The van der Waals surface area contributed by atoms with Crippen LogP contribution < -0.4 is 0 Å². The molecule has 1 fully saturated rings. The molecule has 2 aromatic rings. The Labute approximate surface area is 121 Å². The lowest BCUT2D eigenvalue weighted by Crippen LogP contribution is -2.40. The number of aromatic nitrogens is 2. The number of aliphatic hydroxyl groups excluding tert-OH is 1. The summed E-state index contributed by atoms with van der Waals surface area (Å²) in [5.41, 5.74) is 0.494. The van der Waals surface area contributed by atoms with E-state index in [-0.39, 0.29) is 10.2 Å². The van der Waals surface area contributed by atoms with Gasteiger partial charge in [0.2, 0.25) is 0 Å². The van der Waals surface area contributed by atoms with Crippen LogP contribution in [0.15, 0.2) is 29.4 Å². The fraction of sp³-hybridized carbons (Fsp3) is 0.417. The molecule has 20 heavy (non-hydrogen) atoms. The predicted molar refractivity (Wildman–Crippen MR) is 74.2 cm³/mol. The molecule has 1 N–H and O–H groups in total. The molecule has 0 atom stereocenters. The van der Waals surface area contributed by atoms with E-state index < -0.39 is 16.1 Å². The fourth-order valence-corrected chi connectivity index (χ4v) is 4.45. The van der Waals surface area contributed by atoms with Gasteiger partial charge in [0.05, 0.1) is 6.10 Å². The van der Waals surface area contributed by atoms with Crippen LogP contribution >= 0.6 is 11.6 Å². The lowest BCUT2D eigenvalue weighted by atomic mass is 10.1. The maximum Gasteiger partial charge on any atom is 0.262 e. The van der Waals surface area contributed by atoms with E-state index in [9.17, 15) is 13.5 Å². The molecule has 0 radical (unpaired) electrons. The normalized spacial score (nSPS) is 18.7. The highest BCUT2D eigenvalue weighted by molar-refractivity contribution is 7.89. The van der Waals surface area contributed by atoms with Crippen LogP contribution in [0.3, 0.4) is 0 Å². The number of rotatable bonds is 2. The van der Waals surface area contributed by atoms with Gasteiger partial charge in [-0.2, -0.15) is 4.31 Å². The van der Waals surface area contributed by atoms with Gasteiger partial charge in [-0.1, -0.05) is 17.7 Å². The quantitative estimate of drug-likeness (QED) is 0.901. The first-order chi connectivity index (χ1) is 9.50. The largest absolute Gasteiger partial charge is 0.393 e. The van der Waals surface area contributed by atoms with Crippen molar-refractivity contribution in [2.24, 2.45) is 0 Å². The Bertz CT molecular complexity index is 735. The van der Waals surface area contributed by atoms with Gasteiger partial charge < -0.3 is 5.11 Å². The SMILES string of the molecule is O=S(=O)(c1c(Cl)nc2ccccn12)N1CCC(O)CC1. The summed E-state index contributed by atoms with van der Waals surface area (Å²) >= 11 is 6.01. The maximum atomic E-state index is 12.7. The van der Waals surface area contributed by atoms with Crippen LogP contribution in [0.4, 0.5) is 0 Å². The Morgan fingerprint density at radius 1 is 1.30 bits per heavy atom. The molecule has 108 valence electrons. The number of piperidine rings is 1. The molecule has 0 unspecified atom stereocenters. The molecular formula is C12H14ClN3O3S. The van der Waals surface area contributed by atoms with E-state index >= 15 is 0 Å². The first kappa shape index (κ1) is 13.8. The summed E-state index contributed by atoms with van der Waals surface area (Å²) in [6.45, 7) is 0.583. The summed E-state index contributed by atoms with van der Waals surface area (Å²) in [6.07, 6.45) is 2.07. The van der Waals surface area contributed by atoms with E-state index in [0.717, 1.165) is 0 Å². The van der Waals surface area contributed by atoms with Gasteiger partial charge in [0.15, 0.2) is 10.2 Å². The van der Waals surface area contributed by atoms with Crippen molar-refractivity contribution < 1.29 is 13.5 Å². The highest BCUT2D eigenvalue weighted by Crippen LogP contribution is 2.27. The van der Waals surface area contributed by atoms with Crippen molar-refractivity contribution in [3.05, 3.63) is 29.5 Å². The summed E-state index contributed by atoms with van der Waals surface area (Å²) in [4.78, 5) is 4.06. The molecule has 3 rings (SSSR count). The second kappa shape index (κ2) is 5.00. The Hall–Kier alpha value is -1.15. The molecule has 0 aliphatic carbocycles. The van der Waals surface area contributed by atoms with Crippen molar-refractivity contribution >= 4 is 27.3 Å². The van der Waals surface area contributed by atoms with Gasteiger partial charge in [0, 0.05) is 19.3 Å². The first-order valence-corrected chi connectivity index (χ1v) is 8.13. The van der Waals surface area contributed by atoms with Gasteiger partial charge in [-0.25, -0.2) is 13.4 Å². The zero-order valence-electron chi connectivity index (χ0n) is 10.6. The highest BCUT2D eigenvalue weighted by Gasteiger charge is 2.33. The Morgan fingerprint density at radius 3 is 2.70 bits per heavy atom. The van der Waals surface area contributed by atoms with Crippen LogP contribution in [-0.2, 0) is 10.0 Å². The monoisotopic (exact) mass is 315 g/mol. The molecule has 2 aromatic heterocycles. The van der Waals surface area contributed by atoms with Crippen LogP contribution in [0, 0.1) is 0 Å². The summed E-state index contributed by atoms with van der Waals surface area (Å²) < 4.78 is 28.2. The number of nitrogens with zero attached hydrogens (tertiary/aromatic N) is 3. The van der Waals surface area contributed by atoms with Crippen LogP contribution in [0.25, 0.3) is 5.65 Å². The van der Waals surface area contributed by atoms with Gasteiger partial charge in [-0.05, 0) is 25.0 Å². The Kier molecular flexibility index (Phi) is 3.45. The van der Waals surface area contributed by atoms with E-state index in [0.29, 0.717) is 31.6 Å². The van der Waals surface area contributed by atoms with E-state index in [1.807, 2.05) is 0 Å². The van der Waals surface area contributed by atoms with E-state index in [4.69, 9.17) is 11.6 Å². The molecule has 6 nitrogen and oxygen atoms in total. The summed E-state index contributed by atoms with van der Waals surface area (Å²) in [5.74, 6) is 0. The number of halogens is 1. The average molecular weight is 316 g/mol. The zero-order chi connectivity index (χ0) is 14.3. The molecule has 0 spiro atoms. The summed E-state index contributed by atoms with van der Waals surface area (Å²) in [7, 11) is -3.71. The van der Waals surface area contributed by atoms with Crippen molar-refractivity contribution in [3.63, 3.8) is 0 Å². The van der Waals surface area contributed by atoms with E-state index in [1.165, 1.54) is 8.71 Å². The number of hydrogen-bond donors (Lipinski definition) is 1. The lowest BCUT2D eigenvalue weighted by molar-refractivity contribution is 0.113. The van der Waals surface area contributed by atoms with Gasteiger partial charge in [-0.3, -0.25) is 4.40 Å². The standard InChI is InChI=1S/C12H14ClN3O3S/c13-11-12(16-6-2-1-3-10(16)14-11)20(18,19)15-7-4-9(17)5-8-15/h1-3,6,9,17H,4-5,7-8H2. The molecule has 0 bridgehead atoms. The predicted octanol–water partition coefficient (Wildman–Crippen LogP) is 1.13. The lowest BCUT2D eigenvalue weighted by Gasteiger charge is -2.28. The molecule has 0 aromatic carbocycles. The average Bonchev–Trinajstić information content (AvgIpc) is 2.75. The topological polar surface area (TPSA) is 74.9 Å². The van der Waals surface area contributed by atoms with E-state index in [2.05, 4.69) is 4.98 Å². The molecule has 8 heteroatoms. The molecule has 1 aliphatic rings. The van der Waals surface area contributed by atoms with E-state index in [1.54, 1.807) is 24.4 Å². The third-order valence-corrected chi connectivity index (χ3v) is 5.75. The summed E-state index contributed by atoms with van der Waals surface area (Å²) in [5, 5.41) is 9.45. The van der Waals surface area contributed by atoms with Crippen LogP contribution in [0.1, 0.15) is 12.8 Å². The Balaban J connectivity index is 2.07. The molecule has 0 saturated carbocycles. The number of imidazole rings is 1. The molecule has 1 saturated heterocycles. The van der Waals surface area contributed by atoms with Crippen LogP contribution in [-0.4, -0.2) is 46.4 Å². The van der Waals surface area contributed by atoms with Crippen molar-refractivity contribution in [1.82, 2.24) is 13.7 Å². The summed E-state index contributed by atoms with van der Waals surface area (Å²) in [6, 6.07) is 5.20. The number of fused-ring (bicyclic) bond motifs is 1. The Morgan fingerprint density at radius 2 is 2.00 bits per heavy atom. The van der Waals surface area contributed by atoms with Gasteiger partial charge in [0.25, 0.3) is 10.0 Å². The molecule has 0 amide bonds. The minimum atomic E-state index is -3.71. The third-order valence-electron chi connectivity index (χ3n) is 3.45. The number of pyridine rings is 1. The molecular weight excluding hydrogens is 302 g/mol. The molecule has 1 aliphatic heterocycles. The second-order valence-corrected chi connectivity index (χ2v) is 6.98. The minimum absolute atomic E-state index is 0.00819. The van der Waals surface area contributed by atoms with Crippen molar-refractivity contribution in [1.29, 1.82) is 0 Å². The van der Waals surface area contributed by atoms with Crippen molar-refractivity contribution in [3.8, 4) is 0 Å². The van der Waals surface area contributed by atoms with Gasteiger partial charge in [-0.15, -0.1) is 0 Å². The van der Waals surface area contributed by atoms with Crippen molar-refractivity contribution in [2.45, 2.75) is 24.0 Å². The van der Waals surface area contributed by atoms with Gasteiger partial charge >= 0.3 is 0 Å². The highest BCUT2D eigenvalue weighted by atomic mass is 35.5. The third kappa shape index (κ3) is 2.20. The zero-order valence-corrected chi connectivity index (χ0v) is 12.2. The smallest absolute Gasteiger partial charge is 0.262 e. The minimum Gasteiger partial charge on any atom is -0.393 e. The number of aliphatic hydroxyl groups is 1. The van der Waals surface area contributed by atoms with Crippen molar-refractivity contribution in [2.75, 3.05) is 13.1 Å². The molecule has 3 heterocycles. The van der Waals surface area contributed by atoms with Crippen LogP contribution in [0.5, 0.6) is 0 Å². The fourth-order valence-electron chi connectivity index (χ4n) is 2.38. The van der Waals surface area contributed by atoms with Gasteiger partial charge in [0.1, 0.15) is 5.65 Å². The second-order valence-electron chi connectivity index (χ2n) is 4.77. The number of sulfonamides is 1. The number of hydrogen-bond acceptors (Lipinski definition) is 4. The first-order valence-electron chi connectivity index (χ1n) is 6.31. The van der Waals surface area contributed by atoms with Crippen LogP contribution in [0.2, 0.25) is 5.15 Å². The maximum absolute atomic E-state index is 12.7.